The van der Waals surface area contributed by atoms with Crippen LogP contribution in [0.2, 0.25) is 0 Å². The highest BCUT2D eigenvalue weighted by Gasteiger charge is 2.24. The van der Waals surface area contributed by atoms with E-state index in [0.717, 1.165) is 44.0 Å². The molecule has 1 fully saturated rings. The molecule has 3 N–H and O–H groups in total. The van der Waals surface area contributed by atoms with Gasteiger partial charge in [-0.2, -0.15) is 10.1 Å². The van der Waals surface area contributed by atoms with Crippen LogP contribution >= 0.6 is 0 Å². The van der Waals surface area contributed by atoms with E-state index in [1.807, 2.05) is 6.20 Å². The fourth-order valence-corrected chi connectivity index (χ4v) is 3.26. The number of H-pyrrole nitrogens is 1. The van der Waals surface area contributed by atoms with Gasteiger partial charge in [-0.3, -0.25) is 5.10 Å². The van der Waals surface area contributed by atoms with Crippen LogP contribution in [0.1, 0.15) is 29.3 Å². The molecule has 1 saturated heterocycles. The maximum atomic E-state index is 9.05. The average Bonchev–Trinajstić information content (AvgIpc) is 3.30. The van der Waals surface area contributed by atoms with Crippen LogP contribution in [0.3, 0.4) is 0 Å². The lowest BCUT2D eigenvalue weighted by molar-refractivity contribution is 0.193. The van der Waals surface area contributed by atoms with Crippen molar-refractivity contribution >= 4 is 11.8 Å². The van der Waals surface area contributed by atoms with Crippen LogP contribution in [0.15, 0.2) is 12.3 Å². The van der Waals surface area contributed by atoms with Gasteiger partial charge in [0, 0.05) is 55.9 Å². The minimum absolute atomic E-state index is 0.0531. The first-order chi connectivity index (χ1) is 11.8. The first kappa shape index (κ1) is 15.3. The molecule has 2 aliphatic heterocycles. The molecule has 0 unspecified atom stereocenters. The monoisotopic (exact) mass is 330 g/mol. The maximum Gasteiger partial charge on any atom is 0.224 e. The normalized spacial score (nSPS) is 20.2. The summed E-state index contributed by atoms with van der Waals surface area (Å²) in [5, 5.41) is 19.3. The predicted octanol–water partition coefficient (Wildman–Crippen LogP) is 0.670. The van der Waals surface area contributed by atoms with Gasteiger partial charge in [-0.25, -0.2) is 4.98 Å². The summed E-state index contributed by atoms with van der Waals surface area (Å²) in [4.78, 5) is 11.5. The summed E-state index contributed by atoms with van der Waals surface area (Å²) in [6.45, 7) is 3.68. The van der Waals surface area contributed by atoms with Crippen molar-refractivity contribution in [1.82, 2.24) is 20.2 Å². The molecule has 24 heavy (non-hydrogen) atoms. The lowest BCUT2D eigenvalue weighted by Gasteiger charge is -2.28. The molecule has 8 nitrogen and oxygen atoms in total. The molecular weight excluding hydrogens is 308 g/mol. The predicted molar refractivity (Wildman–Crippen MR) is 89.1 cm³/mol. The number of nitrogens with one attached hydrogen (secondary N) is 2. The Kier molecular flexibility index (Phi) is 4.31. The molecule has 4 rings (SSSR count). The van der Waals surface area contributed by atoms with Crippen molar-refractivity contribution in [2.45, 2.75) is 25.3 Å². The Morgan fingerprint density at radius 1 is 1.42 bits per heavy atom. The number of hydrogen-bond donors (Lipinski definition) is 3. The van der Waals surface area contributed by atoms with E-state index < -0.39 is 0 Å². The highest BCUT2D eigenvalue weighted by Crippen LogP contribution is 2.29. The molecule has 0 saturated carbocycles. The minimum atomic E-state index is 0.0531. The van der Waals surface area contributed by atoms with Crippen LogP contribution in [0.25, 0.3) is 0 Å². The van der Waals surface area contributed by atoms with Gasteiger partial charge in [-0.1, -0.05) is 0 Å². The third kappa shape index (κ3) is 3.07. The number of rotatable bonds is 5. The molecule has 0 aliphatic carbocycles. The first-order valence-corrected chi connectivity index (χ1v) is 8.41. The van der Waals surface area contributed by atoms with E-state index in [1.165, 1.54) is 11.3 Å². The van der Waals surface area contributed by atoms with Gasteiger partial charge in [-0.05, 0) is 6.42 Å². The number of aliphatic hydroxyl groups is 1. The molecule has 2 aliphatic rings. The number of aromatic amines is 1. The van der Waals surface area contributed by atoms with Crippen molar-refractivity contribution in [1.29, 1.82) is 0 Å². The number of aromatic nitrogens is 4. The second-order valence-corrected chi connectivity index (χ2v) is 6.23. The zero-order chi connectivity index (χ0) is 16.4. The largest absolute Gasteiger partial charge is 0.395 e. The second kappa shape index (κ2) is 6.74. The summed E-state index contributed by atoms with van der Waals surface area (Å²) in [5.41, 5.74) is 3.44. The Labute approximate surface area is 140 Å². The van der Waals surface area contributed by atoms with E-state index >= 15 is 0 Å². The van der Waals surface area contributed by atoms with Crippen LogP contribution in [-0.2, 0) is 17.7 Å². The molecule has 2 aromatic rings. The van der Waals surface area contributed by atoms with Crippen LogP contribution in [0.4, 0.5) is 11.8 Å². The lowest BCUT2D eigenvalue weighted by atomic mass is 10.0. The van der Waals surface area contributed by atoms with E-state index in [-0.39, 0.29) is 6.61 Å². The summed E-state index contributed by atoms with van der Waals surface area (Å²) in [6.07, 6.45) is 3.81. The van der Waals surface area contributed by atoms with Crippen molar-refractivity contribution < 1.29 is 9.84 Å². The highest BCUT2D eigenvalue weighted by atomic mass is 16.5. The SMILES string of the molecule is OCCNc1nc([C@H]2CCOC2)cc(N2CCc3[nH]ncc3C2)n1. The van der Waals surface area contributed by atoms with Crippen LogP contribution in [0.5, 0.6) is 0 Å². The van der Waals surface area contributed by atoms with Gasteiger partial charge in [0.2, 0.25) is 5.95 Å². The Morgan fingerprint density at radius 2 is 2.38 bits per heavy atom. The first-order valence-electron chi connectivity index (χ1n) is 8.41. The molecule has 0 spiro atoms. The average molecular weight is 330 g/mol. The summed E-state index contributed by atoms with van der Waals surface area (Å²) in [7, 11) is 0. The quantitative estimate of drug-likeness (QED) is 0.741. The van der Waals surface area contributed by atoms with Crippen molar-refractivity contribution in [3.05, 3.63) is 29.2 Å². The zero-order valence-electron chi connectivity index (χ0n) is 13.5. The Morgan fingerprint density at radius 3 is 3.21 bits per heavy atom. The number of hydrogen-bond acceptors (Lipinski definition) is 7. The van der Waals surface area contributed by atoms with Crippen LogP contribution < -0.4 is 10.2 Å². The van der Waals surface area contributed by atoms with Gasteiger partial charge in [0.1, 0.15) is 5.82 Å². The van der Waals surface area contributed by atoms with E-state index in [1.54, 1.807) is 0 Å². The van der Waals surface area contributed by atoms with Crippen molar-refractivity contribution in [3.8, 4) is 0 Å². The molecule has 2 aromatic heterocycles. The number of ether oxygens (including phenoxy) is 1. The van der Waals surface area contributed by atoms with Gasteiger partial charge in [0.15, 0.2) is 0 Å². The number of anilines is 2. The Balaban J connectivity index is 1.62. The van der Waals surface area contributed by atoms with Crippen molar-refractivity contribution in [2.24, 2.45) is 0 Å². The molecule has 8 heteroatoms. The molecule has 4 heterocycles. The standard InChI is InChI=1S/C16H22N6O2/c23-5-3-17-16-19-14(11-2-6-24-10-11)7-15(20-16)22-4-1-13-12(9-22)8-18-21-13/h7-8,11,23H,1-6,9-10H2,(H,18,21)(H,17,19,20)/t11-/m0/s1. The smallest absolute Gasteiger partial charge is 0.224 e. The number of nitrogens with zero attached hydrogens (tertiary/aromatic N) is 4. The number of fused-ring (bicyclic) bond motifs is 1. The van der Waals surface area contributed by atoms with Crippen LogP contribution in [0, 0.1) is 0 Å². The van der Waals surface area contributed by atoms with Crippen molar-refractivity contribution in [3.63, 3.8) is 0 Å². The Bertz CT molecular complexity index is 698. The zero-order valence-corrected chi connectivity index (χ0v) is 13.5. The Hall–Kier alpha value is -2.19. The third-order valence-corrected chi connectivity index (χ3v) is 4.60. The summed E-state index contributed by atoms with van der Waals surface area (Å²) in [5.74, 6) is 1.80. The van der Waals surface area contributed by atoms with Crippen LogP contribution in [-0.4, -0.2) is 58.2 Å². The van der Waals surface area contributed by atoms with Gasteiger partial charge in [0.05, 0.1) is 25.1 Å². The summed E-state index contributed by atoms with van der Waals surface area (Å²) in [6, 6.07) is 2.08. The maximum absolute atomic E-state index is 9.05. The van der Waals surface area contributed by atoms with E-state index in [4.69, 9.17) is 9.84 Å². The van der Waals surface area contributed by atoms with E-state index in [9.17, 15) is 0 Å². The minimum Gasteiger partial charge on any atom is -0.395 e. The molecular formula is C16H22N6O2. The molecule has 0 bridgehead atoms. The van der Waals surface area contributed by atoms with E-state index in [0.29, 0.717) is 25.0 Å². The number of aliphatic hydroxyl groups excluding tert-OH is 1. The highest BCUT2D eigenvalue weighted by molar-refractivity contribution is 5.48. The summed E-state index contributed by atoms with van der Waals surface area (Å²) >= 11 is 0. The molecule has 0 aromatic carbocycles. The van der Waals surface area contributed by atoms with Crippen molar-refractivity contribution in [2.75, 3.05) is 43.1 Å². The fraction of sp³-hybridized carbons (Fsp3) is 0.562. The fourth-order valence-electron chi connectivity index (χ4n) is 3.26. The van der Waals surface area contributed by atoms with Gasteiger partial charge >= 0.3 is 0 Å². The molecule has 0 amide bonds. The molecule has 128 valence electrons. The topological polar surface area (TPSA) is 99.2 Å². The van der Waals surface area contributed by atoms with E-state index in [2.05, 4.69) is 36.4 Å². The van der Waals surface area contributed by atoms with Gasteiger partial charge in [-0.15, -0.1) is 0 Å². The third-order valence-electron chi connectivity index (χ3n) is 4.60. The second-order valence-electron chi connectivity index (χ2n) is 6.23. The van der Waals surface area contributed by atoms with Gasteiger partial charge < -0.3 is 20.1 Å². The summed E-state index contributed by atoms with van der Waals surface area (Å²) < 4.78 is 5.51. The molecule has 0 radical (unpaired) electrons. The lowest BCUT2D eigenvalue weighted by Crippen LogP contribution is -2.31. The van der Waals surface area contributed by atoms with Gasteiger partial charge in [0.25, 0.3) is 0 Å². The molecule has 1 atom stereocenters.